The molecule has 2 aromatic rings. The first-order valence-corrected chi connectivity index (χ1v) is 9.82. The van der Waals surface area contributed by atoms with Crippen molar-refractivity contribution >= 4 is 29.9 Å². The van der Waals surface area contributed by atoms with E-state index in [1.54, 1.807) is 0 Å². The van der Waals surface area contributed by atoms with Crippen molar-refractivity contribution in [3.8, 4) is 5.75 Å². The van der Waals surface area contributed by atoms with Gasteiger partial charge in [0.2, 0.25) is 0 Å². The number of aryl methyl sites for hydroxylation is 3. The molecule has 0 fully saturated rings. The summed E-state index contributed by atoms with van der Waals surface area (Å²) in [5, 5.41) is 11.3. The molecule has 28 heavy (non-hydrogen) atoms. The zero-order chi connectivity index (χ0) is 19.1. The molecule has 7 nitrogen and oxygen atoms in total. The van der Waals surface area contributed by atoms with Crippen molar-refractivity contribution in [3.63, 3.8) is 0 Å². The predicted molar refractivity (Wildman–Crippen MR) is 123 cm³/mol. The highest BCUT2D eigenvalue weighted by Gasteiger charge is 2.24. The van der Waals surface area contributed by atoms with Crippen LogP contribution in [-0.4, -0.2) is 40.4 Å². The molecule has 0 aliphatic carbocycles. The van der Waals surface area contributed by atoms with Gasteiger partial charge in [-0.05, 0) is 45.2 Å². The van der Waals surface area contributed by atoms with Crippen LogP contribution in [-0.2, 0) is 6.54 Å². The van der Waals surface area contributed by atoms with Crippen molar-refractivity contribution in [1.29, 1.82) is 0 Å². The largest absolute Gasteiger partial charge is 0.493 e. The third-order valence-electron chi connectivity index (χ3n) is 4.56. The van der Waals surface area contributed by atoms with E-state index in [4.69, 9.17) is 9.73 Å². The maximum atomic E-state index is 5.85. The van der Waals surface area contributed by atoms with Gasteiger partial charge in [-0.3, -0.25) is 4.99 Å². The highest BCUT2D eigenvalue weighted by atomic mass is 127. The average molecular weight is 498 g/mol. The van der Waals surface area contributed by atoms with Gasteiger partial charge < -0.3 is 15.4 Å². The molecule has 2 heterocycles. The van der Waals surface area contributed by atoms with E-state index in [2.05, 4.69) is 40.6 Å². The highest BCUT2D eigenvalue weighted by molar-refractivity contribution is 14.0. The van der Waals surface area contributed by atoms with Crippen LogP contribution in [0.2, 0.25) is 0 Å². The van der Waals surface area contributed by atoms with Gasteiger partial charge in [-0.25, -0.2) is 9.67 Å². The monoisotopic (exact) mass is 498 g/mol. The SMILES string of the molecule is CCNC(=NCCCOc1ccccc1C)NC1CCCn2nc(C)nc21.I. The number of benzene rings is 1. The predicted octanol–water partition coefficient (Wildman–Crippen LogP) is 3.37. The summed E-state index contributed by atoms with van der Waals surface area (Å²) in [6.45, 7) is 9.21. The first kappa shape index (κ1) is 22.4. The lowest BCUT2D eigenvalue weighted by molar-refractivity contribution is 0.311. The summed E-state index contributed by atoms with van der Waals surface area (Å²) in [5.74, 6) is 3.61. The number of hydrogen-bond donors (Lipinski definition) is 2. The Morgan fingerprint density at radius 1 is 1.32 bits per heavy atom. The highest BCUT2D eigenvalue weighted by Crippen LogP contribution is 2.22. The van der Waals surface area contributed by atoms with Gasteiger partial charge in [-0.2, -0.15) is 5.10 Å². The van der Waals surface area contributed by atoms with Gasteiger partial charge >= 0.3 is 0 Å². The number of rotatable bonds is 7. The Hall–Kier alpha value is -1.84. The molecule has 0 bridgehead atoms. The molecule has 1 aliphatic heterocycles. The number of para-hydroxylation sites is 1. The number of halogens is 1. The fourth-order valence-electron chi connectivity index (χ4n) is 3.25. The van der Waals surface area contributed by atoms with Gasteiger partial charge in [0.15, 0.2) is 5.96 Å². The summed E-state index contributed by atoms with van der Waals surface area (Å²) >= 11 is 0. The van der Waals surface area contributed by atoms with Gasteiger partial charge in [0.05, 0.1) is 12.6 Å². The Kier molecular flexibility index (Phi) is 9.01. The second-order valence-electron chi connectivity index (χ2n) is 6.81. The molecule has 0 spiro atoms. The minimum atomic E-state index is 0. The second kappa shape index (κ2) is 11.2. The topological polar surface area (TPSA) is 76.4 Å². The number of hydrogen-bond acceptors (Lipinski definition) is 4. The lowest BCUT2D eigenvalue weighted by Crippen LogP contribution is -2.41. The zero-order valence-corrected chi connectivity index (χ0v) is 19.3. The summed E-state index contributed by atoms with van der Waals surface area (Å²) in [4.78, 5) is 9.28. The summed E-state index contributed by atoms with van der Waals surface area (Å²) in [7, 11) is 0. The van der Waals surface area contributed by atoms with E-state index in [0.29, 0.717) is 13.2 Å². The van der Waals surface area contributed by atoms with Crippen LogP contribution in [0.1, 0.15) is 49.4 Å². The number of nitrogens with one attached hydrogen (secondary N) is 2. The molecular formula is C20H31IN6O. The van der Waals surface area contributed by atoms with E-state index < -0.39 is 0 Å². The summed E-state index contributed by atoms with van der Waals surface area (Å²) in [6, 6.07) is 8.24. The van der Waals surface area contributed by atoms with Crippen molar-refractivity contribution in [1.82, 2.24) is 25.4 Å². The molecule has 1 aromatic heterocycles. The van der Waals surface area contributed by atoms with E-state index in [1.165, 1.54) is 0 Å². The first-order valence-electron chi connectivity index (χ1n) is 9.82. The molecule has 1 unspecified atom stereocenters. The maximum Gasteiger partial charge on any atom is 0.191 e. The van der Waals surface area contributed by atoms with E-state index >= 15 is 0 Å². The van der Waals surface area contributed by atoms with E-state index in [9.17, 15) is 0 Å². The molecule has 0 saturated heterocycles. The number of aliphatic imine (C=N–C) groups is 1. The number of nitrogens with zero attached hydrogens (tertiary/aromatic N) is 4. The van der Waals surface area contributed by atoms with Crippen LogP contribution in [0, 0.1) is 13.8 Å². The fraction of sp³-hybridized carbons (Fsp3) is 0.550. The number of guanidine groups is 1. The number of aromatic nitrogens is 3. The van der Waals surface area contributed by atoms with Crippen LogP contribution >= 0.6 is 24.0 Å². The Bertz CT molecular complexity index is 776. The Morgan fingerprint density at radius 3 is 2.93 bits per heavy atom. The molecule has 2 N–H and O–H groups in total. The Labute approximate surface area is 184 Å². The molecule has 154 valence electrons. The van der Waals surface area contributed by atoms with Gasteiger partial charge in [0, 0.05) is 26.1 Å². The van der Waals surface area contributed by atoms with Crippen LogP contribution < -0.4 is 15.4 Å². The molecule has 1 aliphatic rings. The second-order valence-corrected chi connectivity index (χ2v) is 6.81. The van der Waals surface area contributed by atoms with Crippen molar-refractivity contribution in [2.45, 2.75) is 52.6 Å². The van der Waals surface area contributed by atoms with Crippen molar-refractivity contribution in [2.75, 3.05) is 19.7 Å². The van der Waals surface area contributed by atoms with Gasteiger partial charge in [-0.15, -0.1) is 24.0 Å². The van der Waals surface area contributed by atoms with Gasteiger partial charge in [0.1, 0.15) is 17.4 Å². The molecule has 0 amide bonds. The first-order chi connectivity index (χ1) is 13.2. The molecular weight excluding hydrogens is 467 g/mol. The summed E-state index contributed by atoms with van der Waals surface area (Å²) in [6.07, 6.45) is 3.00. The van der Waals surface area contributed by atoms with E-state index in [-0.39, 0.29) is 30.0 Å². The summed E-state index contributed by atoms with van der Waals surface area (Å²) < 4.78 is 7.86. The van der Waals surface area contributed by atoms with Gasteiger partial charge in [-0.1, -0.05) is 18.2 Å². The van der Waals surface area contributed by atoms with Crippen LogP contribution in [0.3, 0.4) is 0 Å². The third kappa shape index (κ3) is 6.08. The fourth-order valence-corrected chi connectivity index (χ4v) is 3.25. The summed E-state index contributed by atoms with van der Waals surface area (Å²) in [5.41, 5.74) is 1.16. The lowest BCUT2D eigenvalue weighted by Gasteiger charge is -2.25. The molecule has 8 heteroatoms. The standard InChI is InChI=1S/C20H30N6O.HI/c1-4-21-20(22-12-8-14-27-18-11-6-5-9-15(18)2)24-17-10-7-13-26-19(17)23-16(3)25-26;/h5-6,9,11,17H,4,7-8,10,12-14H2,1-3H3,(H2,21,22,24);1H. The normalized spacial score (nSPS) is 16.1. The Balaban J connectivity index is 0.00000280. The Morgan fingerprint density at radius 2 is 2.14 bits per heavy atom. The maximum absolute atomic E-state index is 5.85. The third-order valence-corrected chi connectivity index (χ3v) is 4.56. The minimum absolute atomic E-state index is 0. The van der Waals surface area contributed by atoms with Crippen LogP contribution in [0.5, 0.6) is 5.75 Å². The molecule has 0 radical (unpaired) electrons. The number of fused-ring (bicyclic) bond motifs is 1. The molecule has 0 saturated carbocycles. The smallest absolute Gasteiger partial charge is 0.191 e. The van der Waals surface area contributed by atoms with Crippen molar-refractivity contribution in [2.24, 2.45) is 4.99 Å². The zero-order valence-electron chi connectivity index (χ0n) is 16.9. The van der Waals surface area contributed by atoms with Crippen molar-refractivity contribution < 1.29 is 4.74 Å². The van der Waals surface area contributed by atoms with Gasteiger partial charge in [0.25, 0.3) is 0 Å². The van der Waals surface area contributed by atoms with E-state index in [0.717, 1.165) is 61.3 Å². The molecule has 1 atom stereocenters. The molecule has 3 rings (SSSR count). The molecule has 1 aromatic carbocycles. The number of ether oxygens (including phenoxy) is 1. The van der Waals surface area contributed by atoms with E-state index in [1.807, 2.05) is 29.8 Å². The van der Waals surface area contributed by atoms with Crippen LogP contribution in [0.25, 0.3) is 0 Å². The minimum Gasteiger partial charge on any atom is -0.493 e. The van der Waals surface area contributed by atoms with Crippen LogP contribution in [0.4, 0.5) is 0 Å². The quantitative estimate of drug-likeness (QED) is 0.265. The lowest BCUT2D eigenvalue weighted by atomic mass is 10.1. The van der Waals surface area contributed by atoms with Crippen LogP contribution in [0.15, 0.2) is 29.3 Å². The average Bonchev–Trinajstić information content (AvgIpc) is 3.04. The van der Waals surface area contributed by atoms with Crippen molar-refractivity contribution in [3.05, 3.63) is 41.5 Å².